The molecule has 4 nitrogen and oxygen atoms in total. The van der Waals surface area contributed by atoms with Crippen LogP contribution in [-0.4, -0.2) is 34.3 Å². The lowest BCUT2D eigenvalue weighted by molar-refractivity contribution is 0.198. The summed E-state index contributed by atoms with van der Waals surface area (Å²) in [5.74, 6) is 0.742. The number of hydrogen-bond acceptors (Lipinski definition) is 4. The minimum Gasteiger partial charge on any atom is -0.391 e. The Hall–Kier alpha value is -1.36. The number of hydrogen-bond donors (Lipinski definition) is 1. The van der Waals surface area contributed by atoms with Crippen LogP contribution >= 0.6 is 23.2 Å². The molecule has 0 aliphatic carbocycles. The number of rotatable bonds is 2. The van der Waals surface area contributed by atoms with Gasteiger partial charge in [-0.1, -0.05) is 23.7 Å². The molecular formula is C14H13Cl2N3O. The quantitative estimate of drug-likeness (QED) is 0.866. The molecule has 2 heterocycles. The minimum atomic E-state index is -0.303. The van der Waals surface area contributed by atoms with Gasteiger partial charge in [-0.15, -0.1) is 0 Å². The molecule has 0 bridgehead atoms. The summed E-state index contributed by atoms with van der Waals surface area (Å²) >= 11 is 11.9. The van der Waals surface area contributed by atoms with Crippen molar-refractivity contribution in [1.29, 1.82) is 0 Å². The average molecular weight is 310 g/mol. The van der Waals surface area contributed by atoms with E-state index in [-0.39, 0.29) is 11.4 Å². The molecule has 6 heteroatoms. The van der Waals surface area contributed by atoms with Gasteiger partial charge in [-0.2, -0.15) is 0 Å². The number of aliphatic hydroxyl groups is 1. The molecule has 20 heavy (non-hydrogen) atoms. The maximum Gasteiger partial charge on any atom is 0.224 e. The first-order valence-corrected chi connectivity index (χ1v) is 7.11. The molecule has 0 radical (unpaired) electrons. The molecule has 0 unspecified atom stereocenters. The highest BCUT2D eigenvalue weighted by atomic mass is 35.5. The Kier molecular flexibility index (Phi) is 3.78. The van der Waals surface area contributed by atoms with Crippen molar-refractivity contribution in [3.63, 3.8) is 0 Å². The number of halogens is 2. The van der Waals surface area contributed by atoms with Gasteiger partial charge in [0.05, 0.1) is 11.8 Å². The van der Waals surface area contributed by atoms with E-state index in [0.29, 0.717) is 11.6 Å². The maximum atomic E-state index is 9.61. The van der Waals surface area contributed by atoms with Crippen molar-refractivity contribution in [2.75, 3.05) is 18.0 Å². The van der Waals surface area contributed by atoms with Crippen molar-refractivity contribution < 1.29 is 5.11 Å². The van der Waals surface area contributed by atoms with E-state index < -0.39 is 0 Å². The van der Waals surface area contributed by atoms with Gasteiger partial charge < -0.3 is 10.0 Å². The molecule has 0 saturated carbocycles. The molecular weight excluding hydrogens is 297 g/mol. The maximum absolute atomic E-state index is 9.61. The average Bonchev–Trinajstić information content (AvgIpc) is 2.85. The summed E-state index contributed by atoms with van der Waals surface area (Å²) in [6, 6.07) is 9.29. The van der Waals surface area contributed by atoms with Crippen molar-refractivity contribution >= 4 is 29.0 Å². The van der Waals surface area contributed by atoms with E-state index in [1.54, 1.807) is 0 Å². The van der Waals surface area contributed by atoms with Gasteiger partial charge in [0.15, 0.2) is 0 Å². The van der Waals surface area contributed by atoms with E-state index in [9.17, 15) is 5.11 Å². The Bertz CT molecular complexity index is 618. The summed E-state index contributed by atoms with van der Waals surface area (Å²) < 4.78 is 0. The van der Waals surface area contributed by atoms with Crippen LogP contribution in [0, 0.1) is 0 Å². The van der Waals surface area contributed by atoms with E-state index >= 15 is 0 Å². The summed E-state index contributed by atoms with van der Waals surface area (Å²) in [5.41, 5.74) is 1.68. The van der Waals surface area contributed by atoms with Crippen LogP contribution in [0.2, 0.25) is 10.3 Å². The number of aliphatic hydroxyl groups excluding tert-OH is 1. The summed E-state index contributed by atoms with van der Waals surface area (Å²) in [7, 11) is 0. The highest BCUT2D eigenvalue weighted by Gasteiger charge is 2.22. The van der Waals surface area contributed by atoms with Gasteiger partial charge >= 0.3 is 0 Å². The lowest BCUT2D eigenvalue weighted by Crippen LogP contribution is -2.22. The van der Waals surface area contributed by atoms with E-state index in [1.807, 2.05) is 35.2 Å². The lowest BCUT2D eigenvalue weighted by Gasteiger charge is -2.17. The van der Waals surface area contributed by atoms with E-state index in [1.165, 1.54) is 0 Å². The fourth-order valence-electron chi connectivity index (χ4n) is 2.29. The molecule has 1 N–H and O–H groups in total. The second-order valence-electron chi connectivity index (χ2n) is 4.78. The third kappa shape index (κ3) is 2.87. The largest absolute Gasteiger partial charge is 0.391 e. The zero-order valence-electron chi connectivity index (χ0n) is 10.6. The van der Waals surface area contributed by atoms with Gasteiger partial charge in [-0.25, -0.2) is 9.97 Å². The van der Waals surface area contributed by atoms with Gasteiger partial charge in [0.1, 0.15) is 5.82 Å². The van der Waals surface area contributed by atoms with Crippen molar-refractivity contribution in [3.8, 4) is 11.3 Å². The first-order valence-electron chi connectivity index (χ1n) is 6.35. The van der Waals surface area contributed by atoms with Gasteiger partial charge in [0.25, 0.3) is 0 Å². The van der Waals surface area contributed by atoms with Gasteiger partial charge in [-0.05, 0) is 30.2 Å². The van der Waals surface area contributed by atoms with Crippen LogP contribution in [0.4, 0.5) is 5.82 Å². The SMILES string of the molecule is O[C@H]1CCN(c2cc(-c3ccc(Cl)cc3)nc(Cl)n2)C1. The Labute approximate surface area is 127 Å². The molecule has 1 aromatic heterocycles. The number of anilines is 1. The van der Waals surface area contributed by atoms with Crippen molar-refractivity contribution in [1.82, 2.24) is 9.97 Å². The molecule has 1 aliphatic heterocycles. The summed E-state index contributed by atoms with van der Waals surface area (Å²) in [6.45, 7) is 1.35. The Morgan fingerprint density at radius 2 is 1.90 bits per heavy atom. The highest BCUT2D eigenvalue weighted by Crippen LogP contribution is 2.26. The normalized spacial score (nSPS) is 18.6. The Morgan fingerprint density at radius 3 is 2.55 bits per heavy atom. The summed E-state index contributed by atoms with van der Waals surface area (Å²) in [6.07, 6.45) is 0.445. The molecule has 3 rings (SSSR count). The van der Waals surface area contributed by atoms with Crippen molar-refractivity contribution in [3.05, 3.63) is 40.6 Å². The molecule has 0 spiro atoms. The first kappa shape index (κ1) is 13.6. The van der Waals surface area contributed by atoms with Gasteiger partial charge in [-0.3, -0.25) is 0 Å². The van der Waals surface area contributed by atoms with Crippen LogP contribution in [0.3, 0.4) is 0 Å². The minimum absolute atomic E-state index is 0.203. The fraction of sp³-hybridized carbons (Fsp3) is 0.286. The zero-order valence-corrected chi connectivity index (χ0v) is 12.1. The van der Waals surface area contributed by atoms with Crippen molar-refractivity contribution in [2.45, 2.75) is 12.5 Å². The van der Waals surface area contributed by atoms with Crippen LogP contribution in [0.5, 0.6) is 0 Å². The molecule has 1 aromatic carbocycles. The van der Waals surface area contributed by atoms with E-state index in [0.717, 1.165) is 30.0 Å². The van der Waals surface area contributed by atoms with E-state index in [4.69, 9.17) is 23.2 Å². The van der Waals surface area contributed by atoms with Crippen LogP contribution in [0.1, 0.15) is 6.42 Å². The number of aromatic nitrogens is 2. The molecule has 1 atom stereocenters. The molecule has 1 fully saturated rings. The zero-order chi connectivity index (χ0) is 14.1. The summed E-state index contributed by atoms with van der Waals surface area (Å²) in [5, 5.41) is 10.5. The van der Waals surface area contributed by atoms with Gasteiger partial charge in [0, 0.05) is 29.7 Å². The Morgan fingerprint density at radius 1 is 1.15 bits per heavy atom. The first-order chi connectivity index (χ1) is 9.61. The second-order valence-corrected chi connectivity index (χ2v) is 5.55. The Balaban J connectivity index is 1.96. The van der Waals surface area contributed by atoms with E-state index in [2.05, 4.69) is 9.97 Å². The molecule has 104 valence electrons. The van der Waals surface area contributed by atoms with Crippen LogP contribution in [0.15, 0.2) is 30.3 Å². The second kappa shape index (κ2) is 5.56. The van der Waals surface area contributed by atoms with Gasteiger partial charge in [0.2, 0.25) is 5.28 Å². The molecule has 2 aromatic rings. The topological polar surface area (TPSA) is 49.2 Å². The highest BCUT2D eigenvalue weighted by molar-refractivity contribution is 6.30. The number of nitrogens with zero attached hydrogens (tertiary/aromatic N) is 3. The number of β-amino-alcohol motifs (C(OH)–C–C–N with tert-alkyl or cyclic N) is 1. The van der Waals surface area contributed by atoms with Crippen LogP contribution < -0.4 is 4.90 Å². The predicted octanol–water partition coefficient (Wildman–Crippen LogP) is 3.02. The number of benzene rings is 1. The molecule has 1 aliphatic rings. The lowest BCUT2D eigenvalue weighted by atomic mass is 10.1. The monoisotopic (exact) mass is 309 g/mol. The fourth-order valence-corrected chi connectivity index (χ4v) is 2.59. The molecule has 0 amide bonds. The van der Waals surface area contributed by atoms with Crippen molar-refractivity contribution in [2.24, 2.45) is 0 Å². The molecule has 1 saturated heterocycles. The predicted molar refractivity (Wildman–Crippen MR) is 80.3 cm³/mol. The summed E-state index contributed by atoms with van der Waals surface area (Å²) in [4.78, 5) is 10.5. The smallest absolute Gasteiger partial charge is 0.224 e. The standard InChI is InChI=1S/C14H13Cl2N3O/c15-10-3-1-9(2-4-10)12-7-13(18-14(16)17-12)19-6-5-11(20)8-19/h1-4,7,11,20H,5-6,8H2/t11-/m0/s1. The third-order valence-electron chi connectivity index (χ3n) is 3.31. The van der Waals surface area contributed by atoms with Crippen LogP contribution in [0.25, 0.3) is 11.3 Å². The van der Waals surface area contributed by atoms with Crippen LogP contribution in [-0.2, 0) is 0 Å². The third-order valence-corrected chi connectivity index (χ3v) is 3.73.